The molecule has 6 heteroatoms. The first-order chi connectivity index (χ1) is 9.20. The SMILES string of the molecule is CC(C)(C)OC(O)N1CCC(O)(c2cncc(Br)c2)C1. The van der Waals surface area contributed by atoms with Crippen LogP contribution in [0, 0.1) is 0 Å². The Kier molecular flexibility index (Phi) is 4.51. The van der Waals surface area contributed by atoms with Crippen LogP contribution in [0.3, 0.4) is 0 Å². The van der Waals surface area contributed by atoms with Gasteiger partial charge in [-0.2, -0.15) is 0 Å². The molecule has 2 N–H and O–H groups in total. The van der Waals surface area contributed by atoms with Crippen LogP contribution < -0.4 is 0 Å². The minimum Gasteiger partial charge on any atom is -0.384 e. The maximum atomic E-state index is 10.7. The maximum Gasteiger partial charge on any atom is 0.216 e. The minimum atomic E-state index is -1.01. The molecule has 112 valence electrons. The molecule has 20 heavy (non-hydrogen) atoms. The van der Waals surface area contributed by atoms with Crippen LogP contribution >= 0.6 is 15.9 Å². The van der Waals surface area contributed by atoms with Crippen molar-refractivity contribution in [2.45, 2.75) is 44.8 Å². The van der Waals surface area contributed by atoms with Crippen molar-refractivity contribution in [3.8, 4) is 0 Å². The van der Waals surface area contributed by atoms with Gasteiger partial charge in [0.2, 0.25) is 6.41 Å². The van der Waals surface area contributed by atoms with Crippen molar-refractivity contribution in [1.29, 1.82) is 0 Å². The van der Waals surface area contributed by atoms with Crippen LogP contribution in [-0.2, 0) is 10.3 Å². The average molecular weight is 345 g/mol. The van der Waals surface area contributed by atoms with Gasteiger partial charge in [0.25, 0.3) is 0 Å². The summed E-state index contributed by atoms with van der Waals surface area (Å²) in [5.41, 5.74) is -0.687. The fraction of sp³-hybridized carbons (Fsp3) is 0.643. The van der Waals surface area contributed by atoms with Crippen molar-refractivity contribution >= 4 is 15.9 Å². The lowest BCUT2D eigenvalue weighted by atomic mass is 9.95. The van der Waals surface area contributed by atoms with E-state index >= 15 is 0 Å². The largest absolute Gasteiger partial charge is 0.384 e. The number of hydrogen-bond acceptors (Lipinski definition) is 5. The van der Waals surface area contributed by atoms with E-state index in [1.165, 1.54) is 0 Å². The van der Waals surface area contributed by atoms with Gasteiger partial charge in [-0.25, -0.2) is 0 Å². The van der Waals surface area contributed by atoms with E-state index in [0.29, 0.717) is 19.5 Å². The Morgan fingerprint density at radius 3 is 2.75 bits per heavy atom. The Morgan fingerprint density at radius 1 is 1.45 bits per heavy atom. The van der Waals surface area contributed by atoms with E-state index in [0.717, 1.165) is 10.0 Å². The van der Waals surface area contributed by atoms with Crippen LogP contribution in [-0.4, -0.2) is 45.2 Å². The summed E-state index contributed by atoms with van der Waals surface area (Å²) in [5.74, 6) is 0. The fourth-order valence-corrected chi connectivity index (χ4v) is 2.67. The summed E-state index contributed by atoms with van der Waals surface area (Å²) in [6.07, 6.45) is 2.86. The minimum absolute atomic E-state index is 0.322. The molecule has 2 atom stereocenters. The van der Waals surface area contributed by atoms with Gasteiger partial charge in [0.15, 0.2) is 0 Å². The number of ether oxygens (including phenoxy) is 1. The van der Waals surface area contributed by atoms with Crippen molar-refractivity contribution < 1.29 is 14.9 Å². The number of halogens is 1. The summed E-state index contributed by atoms with van der Waals surface area (Å²) in [6.45, 7) is 6.55. The first-order valence-corrected chi connectivity index (χ1v) is 7.42. The van der Waals surface area contributed by atoms with Crippen molar-refractivity contribution in [2.24, 2.45) is 0 Å². The first-order valence-electron chi connectivity index (χ1n) is 6.63. The molecule has 0 aliphatic carbocycles. The molecule has 0 saturated carbocycles. The number of aliphatic hydroxyl groups is 2. The quantitative estimate of drug-likeness (QED) is 0.819. The van der Waals surface area contributed by atoms with E-state index in [1.807, 2.05) is 26.8 Å². The van der Waals surface area contributed by atoms with Crippen LogP contribution in [0.25, 0.3) is 0 Å². The highest BCUT2D eigenvalue weighted by Gasteiger charge is 2.41. The lowest BCUT2D eigenvalue weighted by Crippen LogP contribution is -2.42. The molecular formula is C14H21BrN2O3. The monoisotopic (exact) mass is 344 g/mol. The topological polar surface area (TPSA) is 65.8 Å². The number of nitrogens with zero attached hydrogens (tertiary/aromatic N) is 2. The molecule has 0 spiro atoms. The van der Waals surface area contributed by atoms with E-state index in [1.54, 1.807) is 17.3 Å². The second-order valence-corrected chi connectivity index (χ2v) is 7.12. The van der Waals surface area contributed by atoms with Gasteiger partial charge >= 0.3 is 0 Å². The summed E-state index contributed by atoms with van der Waals surface area (Å²) >= 11 is 3.36. The molecule has 0 aromatic carbocycles. The number of aromatic nitrogens is 1. The molecule has 2 rings (SSSR count). The van der Waals surface area contributed by atoms with Gasteiger partial charge in [-0.1, -0.05) is 0 Å². The molecular weight excluding hydrogens is 324 g/mol. The lowest BCUT2D eigenvalue weighted by molar-refractivity contribution is -0.237. The van der Waals surface area contributed by atoms with Crippen molar-refractivity contribution in [1.82, 2.24) is 9.88 Å². The van der Waals surface area contributed by atoms with Crippen molar-refractivity contribution in [2.75, 3.05) is 13.1 Å². The number of rotatable bonds is 3. The normalized spacial score (nSPS) is 25.9. The molecule has 5 nitrogen and oxygen atoms in total. The maximum absolute atomic E-state index is 10.7. The van der Waals surface area contributed by atoms with E-state index in [4.69, 9.17) is 4.74 Å². The zero-order valence-corrected chi connectivity index (χ0v) is 13.6. The molecule has 1 saturated heterocycles. The lowest BCUT2D eigenvalue weighted by Gasteiger charge is -2.31. The molecule has 2 heterocycles. The third-order valence-corrected chi connectivity index (χ3v) is 3.72. The van der Waals surface area contributed by atoms with Crippen molar-refractivity contribution in [3.05, 3.63) is 28.5 Å². The average Bonchev–Trinajstić information content (AvgIpc) is 2.71. The molecule has 0 radical (unpaired) electrons. The van der Waals surface area contributed by atoms with Crippen LogP contribution in [0.4, 0.5) is 0 Å². The Hall–Kier alpha value is -0.530. The highest BCUT2D eigenvalue weighted by Crippen LogP contribution is 2.33. The van der Waals surface area contributed by atoms with Crippen LogP contribution in [0.5, 0.6) is 0 Å². The van der Waals surface area contributed by atoms with Gasteiger partial charge in [-0.05, 0) is 49.2 Å². The zero-order chi connectivity index (χ0) is 15.0. The van der Waals surface area contributed by atoms with E-state index < -0.39 is 17.6 Å². The van der Waals surface area contributed by atoms with Crippen LogP contribution in [0.15, 0.2) is 22.9 Å². The van der Waals surface area contributed by atoms with Gasteiger partial charge in [0.1, 0.15) is 5.60 Å². The Labute approximate surface area is 127 Å². The number of hydrogen-bond donors (Lipinski definition) is 2. The molecule has 1 fully saturated rings. The van der Waals surface area contributed by atoms with E-state index in [-0.39, 0.29) is 0 Å². The van der Waals surface area contributed by atoms with E-state index in [9.17, 15) is 10.2 Å². The standard InChI is InChI=1S/C14H21BrN2O3/c1-13(2,3)20-12(18)17-5-4-14(19,9-17)10-6-11(15)8-16-7-10/h6-8,12,18-19H,4-5,9H2,1-3H3. The van der Waals surface area contributed by atoms with Gasteiger partial charge in [-0.15, -0.1) is 0 Å². The fourth-order valence-electron chi connectivity index (χ4n) is 2.30. The van der Waals surface area contributed by atoms with E-state index in [2.05, 4.69) is 20.9 Å². The Bertz CT molecular complexity index is 478. The van der Waals surface area contributed by atoms with Gasteiger partial charge < -0.3 is 14.9 Å². The third kappa shape index (κ3) is 3.77. The molecule has 2 unspecified atom stereocenters. The van der Waals surface area contributed by atoms with Gasteiger partial charge in [-0.3, -0.25) is 9.88 Å². The number of likely N-dealkylation sites (tertiary alicyclic amines) is 1. The van der Waals surface area contributed by atoms with Crippen LogP contribution in [0.2, 0.25) is 0 Å². The molecule has 1 aliphatic rings. The first kappa shape index (κ1) is 15.9. The predicted octanol–water partition coefficient (Wildman–Crippen LogP) is 1.83. The van der Waals surface area contributed by atoms with Gasteiger partial charge in [0.05, 0.1) is 5.60 Å². The van der Waals surface area contributed by atoms with Crippen molar-refractivity contribution in [3.63, 3.8) is 0 Å². The number of aliphatic hydroxyl groups excluding tert-OH is 1. The Morgan fingerprint density at radius 2 is 2.15 bits per heavy atom. The molecule has 1 aromatic rings. The molecule has 1 aromatic heterocycles. The highest BCUT2D eigenvalue weighted by molar-refractivity contribution is 9.10. The summed E-state index contributed by atoms with van der Waals surface area (Å²) in [6, 6.07) is 1.85. The zero-order valence-electron chi connectivity index (χ0n) is 12.0. The summed E-state index contributed by atoms with van der Waals surface area (Å²) in [5, 5.41) is 20.8. The summed E-state index contributed by atoms with van der Waals surface area (Å²) < 4.78 is 6.35. The second kappa shape index (κ2) is 5.69. The second-order valence-electron chi connectivity index (χ2n) is 6.20. The third-order valence-electron chi connectivity index (χ3n) is 3.29. The smallest absolute Gasteiger partial charge is 0.216 e. The molecule has 0 amide bonds. The van der Waals surface area contributed by atoms with Gasteiger partial charge in [0, 0.05) is 35.5 Å². The molecule has 0 bridgehead atoms. The summed E-state index contributed by atoms with van der Waals surface area (Å²) in [4.78, 5) is 5.81. The Balaban J connectivity index is 2.07. The predicted molar refractivity (Wildman–Crippen MR) is 78.9 cm³/mol. The van der Waals surface area contributed by atoms with Crippen LogP contribution in [0.1, 0.15) is 32.8 Å². The number of β-amino-alcohol motifs (C(OH)–C–C–N with tert-alkyl or cyclic N) is 1. The number of pyridine rings is 1. The molecule has 1 aliphatic heterocycles. The summed E-state index contributed by atoms with van der Waals surface area (Å²) in [7, 11) is 0. The highest BCUT2D eigenvalue weighted by atomic mass is 79.9.